The lowest BCUT2D eigenvalue weighted by Crippen LogP contribution is -2.03. The highest BCUT2D eigenvalue weighted by Crippen LogP contribution is 1.85. The fraction of sp³-hybridized carbons (Fsp3) is 0.333. The Kier molecular flexibility index (Phi) is 5.46. The lowest BCUT2D eigenvalue weighted by Gasteiger charge is -1.94. The van der Waals surface area contributed by atoms with E-state index in [9.17, 15) is 9.59 Å². The van der Waals surface area contributed by atoms with Gasteiger partial charge in [0.15, 0.2) is 0 Å². The minimum Gasteiger partial charge on any atom is -0.478 e. The van der Waals surface area contributed by atoms with Gasteiger partial charge in [-0.2, -0.15) is 0 Å². The highest BCUT2D eigenvalue weighted by molar-refractivity contribution is 9.09. The molecule has 0 aliphatic rings. The van der Waals surface area contributed by atoms with Crippen LogP contribution in [0.5, 0.6) is 0 Å². The monoisotopic (exact) mass is 222 g/mol. The Bertz CT molecular complexity index is 175. The molecule has 0 radical (unpaired) electrons. The van der Waals surface area contributed by atoms with Gasteiger partial charge in [0.05, 0.1) is 0 Å². The predicted molar refractivity (Wildman–Crippen MR) is 41.5 cm³/mol. The van der Waals surface area contributed by atoms with Gasteiger partial charge in [0.2, 0.25) is 0 Å². The number of halogens is 1. The number of carbonyl (C=O) groups is 2. The van der Waals surface area contributed by atoms with Crippen molar-refractivity contribution in [3.05, 3.63) is 12.2 Å². The molecular formula is C6H7BrO4. The summed E-state index contributed by atoms with van der Waals surface area (Å²) in [5, 5.41) is 8.63. The van der Waals surface area contributed by atoms with Gasteiger partial charge in [-0.05, 0) is 0 Å². The molecule has 62 valence electrons. The third-order valence-electron chi connectivity index (χ3n) is 0.683. The number of ether oxygens (including phenoxy) is 1. The minimum absolute atomic E-state index is 0.239. The molecule has 0 aliphatic heterocycles. The molecule has 11 heavy (non-hydrogen) atoms. The highest BCUT2D eigenvalue weighted by atomic mass is 79.9. The molecule has 0 spiro atoms. The summed E-state index contributed by atoms with van der Waals surface area (Å²) in [5.41, 5.74) is 0. The minimum atomic E-state index is -1.17. The number of aliphatic carboxylic acids is 1. The Balaban J connectivity index is 3.60. The molecule has 0 amide bonds. The van der Waals surface area contributed by atoms with Crippen molar-refractivity contribution in [3.8, 4) is 0 Å². The van der Waals surface area contributed by atoms with Gasteiger partial charge in [0, 0.05) is 17.5 Å². The number of carbonyl (C=O) groups excluding carboxylic acids is 1. The third-order valence-corrected chi connectivity index (χ3v) is 1.01. The van der Waals surface area contributed by atoms with E-state index in [1.54, 1.807) is 0 Å². The summed E-state index contributed by atoms with van der Waals surface area (Å²) in [5.74, 6) is -1.81. The summed E-state index contributed by atoms with van der Waals surface area (Å²) in [7, 11) is 0. The van der Waals surface area contributed by atoms with Gasteiger partial charge in [0.1, 0.15) is 6.61 Å². The second-order valence-electron chi connectivity index (χ2n) is 1.53. The zero-order valence-corrected chi connectivity index (χ0v) is 7.20. The first-order valence-electron chi connectivity index (χ1n) is 2.80. The zero-order chi connectivity index (χ0) is 8.69. The van der Waals surface area contributed by atoms with Gasteiger partial charge < -0.3 is 9.84 Å². The SMILES string of the molecule is O=C(O)/C=C/C(=O)OCCBr. The number of hydrogen-bond donors (Lipinski definition) is 1. The van der Waals surface area contributed by atoms with Crippen LogP contribution >= 0.6 is 15.9 Å². The lowest BCUT2D eigenvalue weighted by atomic mass is 10.5. The van der Waals surface area contributed by atoms with Crippen LogP contribution in [0.3, 0.4) is 0 Å². The first-order valence-corrected chi connectivity index (χ1v) is 3.92. The van der Waals surface area contributed by atoms with E-state index in [1.807, 2.05) is 0 Å². The molecule has 0 aromatic heterocycles. The Morgan fingerprint density at radius 1 is 1.45 bits per heavy atom. The zero-order valence-electron chi connectivity index (χ0n) is 5.62. The van der Waals surface area contributed by atoms with Crippen LogP contribution in [0.4, 0.5) is 0 Å². The van der Waals surface area contributed by atoms with Crippen LogP contribution in [0.2, 0.25) is 0 Å². The molecule has 4 nitrogen and oxygen atoms in total. The predicted octanol–water partition coefficient (Wildman–Crippen LogP) is 0.565. The highest BCUT2D eigenvalue weighted by Gasteiger charge is 1.95. The molecule has 5 heteroatoms. The number of esters is 1. The van der Waals surface area contributed by atoms with Crippen molar-refractivity contribution in [1.29, 1.82) is 0 Å². The molecule has 0 bridgehead atoms. The van der Waals surface area contributed by atoms with E-state index in [0.29, 0.717) is 5.33 Å². The maximum Gasteiger partial charge on any atom is 0.331 e. The molecule has 0 unspecified atom stereocenters. The molecule has 0 rings (SSSR count). The summed E-state index contributed by atoms with van der Waals surface area (Å²) >= 11 is 3.04. The van der Waals surface area contributed by atoms with Crippen molar-refractivity contribution in [2.24, 2.45) is 0 Å². The molecule has 0 saturated carbocycles. The van der Waals surface area contributed by atoms with E-state index >= 15 is 0 Å². The molecule has 1 N–H and O–H groups in total. The van der Waals surface area contributed by atoms with Crippen LogP contribution in [0.25, 0.3) is 0 Å². The Labute approximate surface area is 72.0 Å². The van der Waals surface area contributed by atoms with Crippen molar-refractivity contribution in [1.82, 2.24) is 0 Å². The van der Waals surface area contributed by atoms with E-state index in [2.05, 4.69) is 20.7 Å². The van der Waals surface area contributed by atoms with Crippen LogP contribution in [0, 0.1) is 0 Å². The molecule has 0 heterocycles. The number of rotatable bonds is 4. The number of carboxylic acid groups (broad SMARTS) is 1. The second kappa shape index (κ2) is 5.91. The van der Waals surface area contributed by atoms with Crippen molar-refractivity contribution < 1.29 is 19.4 Å². The van der Waals surface area contributed by atoms with Gasteiger partial charge in [-0.1, -0.05) is 15.9 Å². The summed E-state index contributed by atoms with van der Waals surface area (Å²) in [6.45, 7) is 0.239. The van der Waals surface area contributed by atoms with Crippen LogP contribution in [0.15, 0.2) is 12.2 Å². The van der Waals surface area contributed by atoms with E-state index in [1.165, 1.54) is 0 Å². The molecular weight excluding hydrogens is 216 g/mol. The fourth-order valence-corrected chi connectivity index (χ4v) is 0.488. The quantitative estimate of drug-likeness (QED) is 0.429. The average Bonchev–Trinajstić information content (AvgIpc) is 1.97. The average molecular weight is 223 g/mol. The van der Waals surface area contributed by atoms with E-state index in [-0.39, 0.29) is 6.61 Å². The Morgan fingerprint density at radius 2 is 2.09 bits per heavy atom. The van der Waals surface area contributed by atoms with Crippen LogP contribution in [0.1, 0.15) is 0 Å². The van der Waals surface area contributed by atoms with Gasteiger partial charge in [-0.3, -0.25) is 0 Å². The first-order chi connectivity index (χ1) is 5.16. The Hall–Kier alpha value is -0.840. The Morgan fingerprint density at radius 3 is 2.55 bits per heavy atom. The van der Waals surface area contributed by atoms with Gasteiger partial charge in [-0.15, -0.1) is 0 Å². The van der Waals surface area contributed by atoms with E-state index in [0.717, 1.165) is 12.2 Å². The van der Waals surface area contributed by atoms with Crippen LogP contribution in [-0.4, -0.2) is 29.0 Å². The van der Waals surface area contributed by atoms with Gasteiger partial charge in [-0.25, -0.2) is 9.59 Å². The van der Waals surface area contributed by atoms with Crippen LogP contribution in [-0.2, 0) is 14.3 Å². The van der Waals surface area contributed by atoms with Gasteiger partial charge >= 0.3 is 11.9 Å². The molecule has 0 aromatic rings. The molecule has 0 atom stereocenters. The molecule has 0 saturated heterocycles. The lowest BCUT2D eigenvalue weighted by molar-refractivity contribution is -0.138. The third kappa shape index (κ3) is 7.05. The summed E-state index contributed by atoms with van der Waals surface area (Å²) in [6, 6.07) is 0. The topological polar surface area (TPSA) is 63.6 Å². The number of alkyl halides is 1. The molecule has 0 aliphatic carbocycles. The standard InChI is InChI=1S/C6H7BrO4/c7-3-4-11-6(10)2-1-5(8)9/h1-2H,3-4H2,(H,8,9)/b2-1+. The maximum atomic E-state index is 10.5. The van der Waals surface area contributed by atoms with Crippen LogP contribution < -0.4 is 0 Å². The molecule has 0 fully saturated rings. The summed E-state index contributed by atoms with van der Waals surface area (Å²) in [4.78, 5) is 20.4. The van der Waals surface area contributed by atoms with E-state index < -0.39 is 11.9 Å². The van der Waals surface area contributed by atoms with Crippen molar-refractivity contribution in [3.63, 3.8) is 0 Å². The van der Waals surface area contributed by atoms with Crippen molar-refractivity contribution in [2.75, 3.05) is 11.9 Å². The first kappa shape index (κ1) is 10.2. The summed E-state index contributed by atoms with van der Waals surface area (Å²) < 4.78 is 4.51. The van der Waals surface area contributed by atoms with E-state index in [4.69, 9.17) is 5.11 Å². The smallest absolute Gasteiger partial charge is 0.331 e. The fourth-order valence-electron chi connectivity index (χ4n) is 0.327. The number of hydrogen-bond acceptors (Lipinski definition) is 3. The largest absolute Gasteiger partial charge is 0.478 e. The molecule has 0 aromatic carbocycles. The normalized spacial score (nSPS) is 9.91. The second-order valence-corrected chi connectivity index (χ2v) is 2.32. The van der Waals surface area contributed by atoms with Gasteiger partial charge in [0.25, 0.3) is 0 Å². The van der Waals surface area contributed by atoms with Crippen molar-refractivity contribution >= 4 is 27.9 Å². The summed E-state index contributed by atoms with van der Waals surface area (Å²) in [6.07, 6.45) is 1.60. The number of carboxylic acids is 1. The maximum absolute atomic E-state index is 10.5. The van der Waals surface area contributed by atoms with Crippen molar-refractivity contribution in [2.45, 2.75) is 0 Å².